The van der Waals surface area contributed by atoms with Gasteiger partial charge in [-0.3, -0.25) is 4.79 Å². The molecule has 1 aliphatic rings. The number of rotatable bonds is 10. The molecule has 5 rings (SSSR count). The second-order valence-corrected chi connectivity index (χ2v) is 9.32. The summed E-state index contributed by atoms with van der Waals surface area (Å²) in [7, 11) is 1.65. The van der Waals surface area contributed by atoms with Crippen molar-refractivity contribution in [3.05, 3.63) is 96.3 Å². The van der Waals surface area contributed by atoms with Crippen molar-refractivity contribution in [2.75, 3.05) is 25.2 Å². The summed E-state index contributed by atoms with van der Waals surface area (Å²) < 4.78 is 13.9. The van der Waals surface area contributed by atoms with Crippen LogP contribution in [0.3, 0.4) is 0 Å². The van der Waals surface area contributed by atoms with E-state index in [0.717, 1.165) is 41.0 Å². The predicted octanol–water partition coefficient (Wildman–Crippen LogP) is 5.94. The number of fused-ring (bicyclic) bond motifs is 1. The number of aromatic nitrogens is 2. The fourth-order valence-electron chi connectivity index (χ4n) is 5.20. The van der Waals surface area contributed by atoms with Gasteiger partial charge in [-0.05, 0) is 54.3 Å². The minimum absolute atomic E-state index is 0.0116. The molecule has 2 heterocycles. The molecule has 0 spiro atoms. The molecule has 0 saturated carbocycles. The molecule has 0 N–H and O–H groups in total. The number of carbonyl (C=O) groups is 1. The summed E-state index contributed by atoms with van der Waals surface area (Å²) in [5, 5.41) is 0. The van der Waals surface area contributed by atoms with Crippen molar-refractivity contribution in [3.63, 3.8) is 0 Å². The maximum atomic E-state index is 13.1. The topological polar surface area (TPSA) is 56.6 Å². The molecule has 6 heteroatoms. The summed E-state index contributed by atoms with van der Waals surface area (Å²) in [4.78, 5) is 20.1. The van der Waals surface area contributed by atoms with Crippen molar-refractivity contribution < 1.29 is 14.3 Å². The van der Waals surface area contributed by atoms with Gasteiger partial charge in [0.25, 0.3) is 0 Å². The number of hydrogen-bond acceptors (Lipinski definition) is 4. The van der Waals surface area contributed by atoms with Crippen LogP contribution in [-0.2, 0) is 24.2 Å². The number of allylic oxidation sites excluding steroid dienone is 1. The largest absolute Gasteiger partial charge is 0.493 e. The van der Waals surface area contributed by atoms with Crippen molar-refractivity contribution >= 4 is 22.6 Å². The van der Waals surface area contributed by atoms with E-state index in [1.54, 1.807) is 7.11 Å². The quantitative estimate of drug-likeness (QED) is 0.256. The van der Waals surface area contributed by atoms with Crippen LogP contribution < -0.4 is 14.4 Å². The molecule has 190 valence electrons. The lowest BCUT2D eigenvalue weighted by Gasteiger charge is -2.20. The second kappa shape index (κ2) is 10.9. The zero-order chi connectivity index (χ0) is 25.8. The van der Waals surface area contributed by atoms with Gasteiger partial charge in [-0.1, -0.05) is 49.4 Å². The Bertz CT molecular complexity index is 1420. The average molecular weight is 496 g/mol. The summed E-state index contributed by atoms with van der Waals surface area (Å²) in [5.41, 5.74) is 5.31. The number of anilines is 1. The van der Waals surface area contributed by atoms with Crippen molar-refractivity contribution in [2.24, 2.45) is 0 Å². The standard InChI is InChI=1S/C31H33N3O3/c1-4-10-22-15-16-28(29(19-22)36-3)37-18-17-33-27-14-9-7-12-25(27)32-31(33)24-20-30(35)34(21-24)26-13-8-6-11-23(26)5-2/h4,6-9,11-16,19,24H,1,5,10,17-18,20-21H2,2-3H3. The number of nitrogens with zero attached hydrogens (tertiary/aromatic N) is 3. The van der Waals surface area contributed by atoms with E-state index >= 15 is 0 Å². The monoisotopic (exact) mass is 495 g/mol. The molecule has 1 amide bonds. The fourth-order valence-corrected chi connectivity index (χ4v) is 5.20. The number of aryl methyl sites for hydroxylation is 1. The van der Waals surface area contributed by atoms with Crippen LogP contribution in [0.5, 0.6) is 11.5 Å². The Kier molecular flexibility index (Phi) is 7.26. The van der Waals surface area contributed by atoms with E-state index in [4.69, 9.17) is 14.5 Å². The van der Waals surface area contributed by atoms with Crippen LogP contribution >= 0.6 is 0 Å². The highest BCUT2D eigenvalue weighted by molar-refractivity contribution is 5.97. The molecule has 1 fully saturated rings. The minimum atomic E-state index is 0.0116. The Labute approximate surface area is 218 Å². The first-order chi connectivity index (χ1) is 18.1. The lowest BCUT2D eigenvalue weighted by atomic mass is 10.1. The average Bonchev–Trinajstić information content (AvgIpc) is 3.49. The third kappa shape index (κ3) is 4.96. The molecular formula is C31H33N3O3. The van der Waals surface area contributed by atoms with Gasteiger partial charge in [0.05, 0.1) is 24.7 Å². The summed E-state index contributed by atoms with van der Waals surface area (Å²) in [6, 6.07) is 22.3. The van der Waals surface area contributed by atoms with Gasteiger partial charge in [0.1, 0.15) is 12.4 Å². The van der Waals surface area contributed by atoms with Crippen molar-refractivity contribution in [1.82, 2.24) is 9.55 Å². The molecule has 1 saturated heterocycles. The molecular weight excluding hydrogens is 462 g/mol. The number of ether oxygens (including phenoxy) is 2. The van der Waals surface area contributed by atoms with E-state index in [-0.39, 0.29) is 11.8 Å². The fraction of sp³-hybridized carbons (Fsp3) is 0.290. The molecule has 0 radical (unpaired) electrons. The van der Waals surface area contributed by atoms with Crippen LogP contribution in [0.15, 0.2) is 79.4 Å². The van der Waals surface area contributed by atoms with Crippen LogP contribution in [0.25, 0.3) is 11.0 Å². The first kappa shape index (κ1) is 24.6. The summed E-state index contributed by atoms with van der Waals surface area (Å²) in [5.74, 6) is 2.51. The Balaban J connectivity index is 1.39. The molecule has 3 aromatic carbocycles. The molecule has 6 nitrogen and oxygen atoms in total. The zero-order valence-electron chi connectivity index (χ0n) is 21.5. The van der Waals surface area contributed by atoms with Gasteiger partial charge < -0.3 is 18.9 Å². The molecule has 1 aliphatic heterocycles. The van der Waals surface area contributed by atoms with E-state index in [9.17, 15) is 4.79 Å². The van der Waals surface area contributed by atoms with Crippen LogP contribution in [-0.4, -0.2) is 35.7 Å². The molecule has 1 atom stereocenters. The number of imidazole rings is 1. The van der Waals surface area contributed by atoms with E-state index in [0.29, 0.717) is 37.6 Å². The summed E-state index contributed by atoms with van der Waals surface area (Å²) in [6.07, 6.45) is 3.98. The van der Waals surface area contributed by atoms with Crippen molar-refractivity contribution in [1.29, 1.82) is 0 Å². The summed E-state index contributed by atoms with van der Waals surface area (Å²) in [6.45, 7) is 7.62. The normalized spacial score (nSPS) is 15.4. The maximum absolute atomic E-state index is 13.1. The van der Waals surface area contributed by atoms with E-state index in [1.807, 2.05) is 65.6 Å². The summed E-state index contributed by atoms with van der Waals surface area (Å²) >= 11 is 0. The van der Waals surface area contributed by atoms with Gasteiger partial charge in [-0.15, -0.1) is 6.58 Å². The predicted molar refractivity (Wildman–Crippen MR) is 148 cm³/mol. The van der Waals surface area contributed by atoms with Crippen LogP contribution in [0.4, 0.5) is 5.69 Å². The van der Waals surface area contributed by atoms with E-state index < -0.39 is 0 Å². The van der Waals surface area contributed by atoms with E-state index in [2.05, 4.69) is 30.2 Å². The Morgan fingerprint density at radius 3 is 2.70 bits per heavy atom. The SMILES string of the molecule is C=CCc1ccc(OCCn2c(C3CC(=O)N(c4ccccc4CC)C3)nc3ccccc32)c(OC)c1. The van der Waals surface area contributed by atoms with Crippen LogP contribution in [0, 0.1) is 0 Å². The van der Waals surface area contributed by atoms with E-state index in [1.165, 1.54) is 5.56 Å². The smallest absolute Gasteiger partial charge is 0.227 e. The van der Waals surface area contributed by atoms with Gasteiger partial charge in [0.2, 0.25) is 5.91 Å². The number of para-hydroxylation sites is 3. The number of amides is 1. The minimum Gasteiger partial charge on any atom is -0.493 e. The molecule has 0 aliphatic carbocycles. The van der Waals surface area contributed by atoms with Crippen LogP contribution in [0.2, 0.25) is 0 Å². The lowest BCUT2D eigenvalue weighted by Crippen LogP contribution is -2.25. The molecule has 1 unspecified atom stereocenters. The van der Waals surface area contributed by atoms with Crippen molar-refractivity contribution in [3.8, 4) is 11.5 Å². The third-order valence-corrected chi connectivity index (χ3v) is 7.02. The number of methoxy groups -OCH3 is 1. The van der Waals surface area contributed by atoms with Crippen molar-refractivity contribution in [2.45, 2.75) is 38.6 Å². The third-order valence-electron chi connectivity index (χ3n) is 7.02. The highest BCUT2D eigenvalue weighted by Gasteiger charge is 2.35. The Hall–Kier alpha value is -4.06. The first-order valence-electron chi connectivity index (χ1n) is 12.9. The number of hydrogen-bond donors (Lipinski definition) is 0. The highest BCUT2D eigenvalue weighted by atomic mass is 16.5. The number of benzene rings is 3. The van der Waals surface area contributed by atoms with Gasteiger partial charge >= 0.3 is 0 Å². The molecule has 4 aromatic rings. The second-order valence-electron chi connectivity index (χ2n) is 9.32. The Morgan fingerprint density at radius 2 is 1.89 bits per heavy atom. The molecule has 37 heavy (non-hydrogen) atoms. The van der Waals surface area contributed by atoms with Gasteiger partial charge in [0.15, 0.2) is 11.5 Å². The van der Waals surface area contributed by atoms with Gasteiger partial charge in [-0.2, -0.15) is 0 Å². The lowest BCUT2D eigenvalue weighted by molar-refractivity contribution is -0.117. The van der Waals surface area contributed by atoms with Gasteiger partial charge in [-0.25, -0.2) is 4.98 Å². The zero-order valence-corrected chi connectivity index (χ0v) is 21.5. The maximum Gasteiger partial charge on any atom is 0.227 e. The van der Waals surface area contributed by atoms with Crippen LogP contribution in [0.1, 0.15) is 36.2 Å². The number of carbonyl (C=O) groups excluding carboxylic acids is 1. The highest BCUT2D eigenvalue weighted by Crippen LogP contribution is 2.35. The Morgan fingerprint density at radius 1 is 1.08 bits per heavy atom. The molecule has 0 bridgehead atoms. The van der Waals surface area contributed by atoms with Gasteiger partial charge in [0, 0.05) is 24.6 Å². The molecule has 1 aromatic heterocycles. The first-order valence-corrected chi connectivity index (χ1v) is 12.9.